The van der Waals surface area contributed by atoms with Crippen molar-refractivity contribution in [3.8, 4) is 5.75 Å². The van der Waals surface area contributed by atoms with E-state index in [1.165, 1.54) is 17.8 Å². The summed E-state index contributed by atoms with van der Waals surface area (Å²) in [6.07, 6.45) is 2.69. The molecule has 26 heavy (non-hydrogen) atoms. The molecule has 1 fully saturated rings. The Morgan fingerprint density at radius 1 is 1.27 bits per heavy atom. The van der Waals surface area contributed by atoms with Crippen LogP contribution in [0.5, 0.6) is 5.75 Å². The van der Waals surface area contributed by atoms with E-state index in [4.69, 9.17) is 11.6 Å². The lowest BCUT2D eigenvalue weighted by molar-refractivity contribution is -0.113. The van der Waals surface area contributed by atoms with Gasteiger partial charge in [-0.3, -0.25) is 14.7 Å². The third kappa shape index (κ3) is 3.79. The van der Waals surface area contributed by atoms with Crippen LogP contribution in [-0.2, 0) is 4.79 Å². The van der Waals surface area contributed by atoms with Gasteiger partial charge in [0.2, 0.25) is 0 Å². The van der Waals surface area contributed by atoms with Crippen LogP contribution in [0.3, 0.4) is 0 Å². The fourth-order valence-corrected chi connectivity index (χ4v) is 3.77. The minimum atomic E-state index is -0.108. The third-order valence-electron chi connectivity index (χ3n) is 3.90. The van der Waals surface area contributed by atoms with Gasteiger partial charge in [0.1, 0.15) is 5.75 Å². The van der Waals surface area contributed by atoms with Crippen molar-refractivity contribution < 1.29 is 9.90 Å². The highest BCUT2D eigenvalue weighted by atomic mass is 35.5. The average Bonchev–Trinajstić information content (AvgIpc) is 2.92. The van der Waals surface area contributed by atoms with Crippen LogP contribution in [0.4, 0.5) is 5.69 Å². The molecule has 0 bridgehead atoms. The number of aliphatic imine (C=N–C) groups is 1. The van der Waals surface area contributed by atoms with Gasteiger partial charge in [-0.2, -0.15) is 0 Å². The van der Waals surface area contributed by atoms with Gasteiger partial charge >= 0.3 is 0 Å². The Kier molecular flexibility index (Phi) is 5.69. The number of carbonyl (C=O) groups excluding carboxylic acids is 1. The zero-order chi connectivity index (χ0) is 18.7. The van der Waals surface area contributed by atoms with Gasteiger partial charge in [-0.1, -0.05) is 42.8 Å². The van der Waals surface area contributed by atoms with Crippen molar-refractivity contribution in [1.82, 2.24) is 0 Å². The largest absolute Gasteiger partial charge is 0.506 e. The summed E-state index contributed by atoms with van der Waals surface area (Å²) in [5, 5.41) is 10.5. The van der Waals surface area contributed by atoms with E-state index in [0.29, 0.717) is 16.6 Å². The molecule has 4 nitrogen and oxygen atoms in total. The number of phenolic OH excluding ortho intramolecular Hbond substituents is 1. The van der Waals surface area contributed by atoms with Crippen molar-refractivity contribution >= 4 is 46.2 Å². The number of hydrogen-bond donors (Lipinski definition) is 1. The SMILES string of the molecule is CCCN=C1SC(=Cc2ccc(O)c(Cl)c2)C(=O)N1c1ccccc1C. The van der Waals surface area contributed by atoms with E-state index >= 15 is 0 Å². The summed E-state index contributed by atoms with van der Waals surface area (Å²) in [7, 11) is 0. The molecule has 134 valence electrons. The molecule has 1 aliphatic heterocycles. The molecule has 0 spiro atoms. The fourth-order valence-electron chi connectivity index (χ4n) is 2.58. The number of phenols is 1. The number of hydrogen-bond acceptors (Lipinski definition) is 4. The molecule has 1 saturated heterocycles. The number of benzene rings is 2. The number of amidine groups is 1. The molecule has 0 saturated carbocycles. The summed E-state index contributed by atoms with van der Waals surface area (Å²) in [5.41, 5.74) is 2.61. The lowest BCUT2D eigenvalue weighted by Gasteiger charge is -2.17. The maximum atomic E-state index is 13.1. The Morgan fingerprint density at radius 2 is 2.04 bits per heavy atom. The molecule has 0 aliphatic carbocycles. The Morgan fingerprint density at radius 3 is 2.73 bits per heavy atom. The Hall–Kier alpha value is -2.24. The van der Waals surface area contributed by atoms with Gasteiger partial charge in [0, 0.05) is 6.54 Å². The van der Waals surface area contributed by atoms with Crippen molar-refractivity contribution in [1.29, 1.82) is 0 Å². The second-order valence-corrected chi connectivity index (χ2v) is 7.33. The summed E-state index contributed by atoms with van der Waals surface area (Å²) in [6, 6.07) is 12.6. The van der Waals surface area contributed by atoms with Crippen molar-refractivity contribution in [2.24, 2.45) is 4.99 Å². The summed E-state index contributed by atoms with van der Waals surface area (Å²) in [4.78, 5) is 19.9. The van der Waals surface area contributed by atoms with Gasteiger partial charge < -0.3 is 5.11 Å². The number of para-hydroxylation sites is 1. The van der Waals surface area contributed by atoms with Gasteiger partial charge in [0.15, 0.2) is 5.17 Å². The number of amides is 1. The first kappa shape index (κ1) is 18.5. The number of aryl methyl sites for hydroxylation is 1. The van der Waals surface area contributed by atoms with Gasteiger partial charge in [0.25, 0.3) is 5.91 Å². The van der Waals surface area contributed by atoms with Crippen LogP contribution >= 0.6 is 23.4 Å². The Bertz CT molecular complexity index is 908. The van der Waals surface area contributed by atoms with Crippen molar-refractivity contribution in [2.45, 2.75) is 20.3 Å². The summed E-state index contributed by atoms with van der Waals surface area (Å²) < 4.78 is 0. The maximum Gasteiger partial charge on any atom is 0.271 e. The standard InChI is InChI=1S/C20H19ClN2O2S/c1-3-10-22-20-23(16-7-5-4-6-13(16)2)19(25)18(26-20)12-14-8-9-17(24)15(21)11-14/h4-9,11-12,24H,3,10H2,1-2H3. The Labute approximate surface area is 162 Å². The van der Waals surface area contributed by atoms with Crippen molar-refractivity contribution in [3.05, 3.63) is 63.5 Å². The predicted molar refractivity (Wildman–Crippen MR) is 110 cm³/mol. The number of carbonyl (C=O) groups is 1. The molecule has 0 unspecified atom stereocenters. The van der Waals surface area contributed by atoms with Crippen LogP contribution in [0.1, 0.15) is 24.5 Å². The normalized spacial score (nSPS) is 17.5. The molecule has 0 radical (unpaired) electrons. The molecule has 1 N–H and O–H groups in total. The van der Waals surface area contributed by atoms with E-state index in [0.717, 1.165) is 23.2 Å². The first-order valence-corrected chi connectivity index (χ1v) is 9.53. The number of aromatic hydroxyl groups is 1. The Balaban J connectivity index is 2.02. The zero-order valence-corrected chi connectivity index (χ0v) is 16.1. The topological polar surface area (TPSA) is 52.9 Å². The first-order chi connectivity index (χ1) is 12.5. The maximum absolute atomic E-state index is 13.1. The van der Waals surface area contributed by atoms with Gasteiger partial charge in [-0.25, -0.2) is 0 Å². The molecule has 2 aromatic rings. The van der Waals surface area contributed by atoms with Crippen LogP contribution in [0.15, 0.2) is 52.4 Å². The van der Waals surface area contributed by atoms with E-state index in [1.807, 2.05) is 31.2 Å². The van der Waals surface area contributed by atoms with Crippen LogP contribution in [0, 0.1) is 6.92 Å². The van der Waals surface area contributed by atoms with Gasteiger partial charge in [0.05, 0.1) is 15.6 Å². The molecule has 6 heteroatoms. The molecular weight excluding hydrogens is 368 g/mol. The molecule has 1 heterocycles. The highest BCUT2D eigenvalue weighted by Gasteiger charge is 2.35. The number of anilines is 1. The third-order valence-corrected chi connectivity index (χ3v) is 5.21. The van der Waals surface area contributed by atoms with E-state index in [-0.39, 0.29) is 16.7 Å². The fraction of sp³-hybridized carbons (Fsp3) is 0.200. The molecule has 0 aromatic heterocycles. The first-order valence-electron chi connectivity index (χ1n) is 8.34. The van der Waals surface area contributed by atoms with Gasteiger partial charge in [-0.05, 0) is 60.5 Å². The van der Waals surface area contributed by atoms with E-state index in [9.17, 15) is 9.90 Å². The summed E-state index contributed by atoms with van der Waals surface area (Å²) in [5.74, 6) is -0.0886. The second kappa shape index (κ2) is 7.98. The van der Waals surface area contributed by atoms with Crippen LogP contribution in [-0.4, -0.2) is 22.7 Å². The van der Waals surface area contributed by atoms with Crippen molar-refractivity contribution in [3.63, 3.8) is 0 Å². The van der Waals surface area contributed by atoms with E-state index < -0.39 is 0 Å². The lowest BCUT2D eigenvalue weighted by atomic mass is 10.1. The molecule has 1 aliphatic rings. The minimum absolute atomic E-state index is 0.0194. The molecule has 1 amide bonds. The predicted octanol–water partition coefficient (Wildman–Crippen LogP) is 5.24. The smallest absolute Gasteiger partial charge is 0.271 e. The molecule has 0 atom stereocenters. The monoisotopic (exact) mass is 386 g/mol. The lowest BCUT2D eigenvalue weighted by Crippen LogP contribution is -2.29. The highest BCUT2D eigenvalue weighted by molar-refractivity contribution is 8.19. The zero-order valence-electron chi connectivity index (χ0n) is 14.6. The molecule has 3 rings (SSSR count). The van der Waals surface area contributed by atoms with E-state index in [1.54, 1.807) is 23.1 Å². The number of halogens is 1. The number of nitrogens with zero attached hydrogens (tertiary/aromatic N) is 2. The van der Waals surface area contributed by atoms with Crippen LogP contribution in [0.2, 0.25) is 5.02 Å². The quantitative estimate of drug-likeness (QED) is 0.731. The van der Waals surface area contributed by atoms with Crippen molar-refractivity contribution in [2.75, 3.05) is 11.4 Å². The highest BCUT2D eigenvalue weighted by Crippen LogP contribution is 2.37. The van der Waals surface area contributed by atoms with Crippen LogP contribution in [0.25, 0.3) is 6.08 Å². The number of rotatable bonds is 4. The van der Waals surface area contributed by atoms with Gasteiger partial charge in [-0.15, -0.1) is 0 Å². The minimum Gasteiger partial charge on any atom is -0.506 e. The summed E-state index contributed by atoms with van der Waals surface area (Å²) in [6.45, 7) is 4.70. The summed E-state index contributed by atoms with van der Waals surface area (Å²) >= 11 is 7.33. The number of thioether (sulfide) groups is 1. The second-order valence-electron chi connectivity index (χ2n) is 5.91. The van der Waals surface area contributed by atoms with E-state index in [2.05, 4.69) is 11.9 Å². The van der Waals surface area contributed by atoms with Crippen LogP contribution < -0.4 is 4.90 Å². The molecular formula is C20H19ClN2O2S. The average molecular weight is 387 g/mol. The molecule has 2 aromatic carbocycles.